The van der Waals surface area contributed by atoms with E-state index in [2.05, 4.69) is 14.9 Å². The molecule has 0 bridgehead atoms. The van der Waals surface area contributed by atoms with Crippen molar-refractivity contribution in [3.8, 4) is 0 Å². The van der Waals surface area contributed by atoms with Crippen molar-refractivity contribution in [2.24, 2.45) is 5.92 Å². The first kappa shape index (κ1) is 13.7. The largest absolute Gasteiger partial charge is 0.348 e. The molecule has 3 rings (SSSR count). The smallest absolute Gasteiger partial charge is 0.225 e. The Labute approximate surface area is 121 Å². The molecule has 1 aromatic rings. The van der Waals surface area contributed by atoms with Gasteiger partial charge in [-0.1, -0.05) is 25.7 Å². The maximum Gasteiger partial charge on any atom is 0.225 e. The maximum absolute atomic E-state index is 12.7. The van der Waals surface area contributed by atoms with Crippen LogP contribution in [0.25, 0.3) is 0 Å². The van der Waals surface area contributed by atoms with Gasteiger partial charge in [-0.15, -0.1) is 0 Å². The Bertz CT molecular complexity index is 421. The molecule has 1 atom stereocenters. The van der Waals surface area contributed by atoms with E-state index in [1.54, 1.807) is 6.20 Å². The summed E-state index contributed by atoms with van der Waals surface area (Å²) in [6.07, 6.45) is 13.2. The van der Waals surface area contributed by atoms with Crippen LogP contribution in [0.2, 0.25) is 0 Å². The number of nitrogens with zero attached hydrogens (tertiary/aromatic N) is 2. The minimum absolute atomic E-state index is 0.285. The predicted molar refractivity (Wildman–Crippen MR) is 78.3 cm³/mol. The van der Waals surface area contributed by atoms with E-state index in [1.165, 1.54) is 25.7 Å². The average molecular weight is 275 g/mol. The predicted octanol–water partition coefficient (Wildman–Crippen LogP) is 3.09. The van der Waals surface area contributed by atoms with Gasteiger partial charge in [0.25, 0.3) is 0 Å². The molecule has 1 saturated heterocycles. The van der Waals surface area contributed by atoms with Gasteiger partial charge in [0, 0.05) is 37.3 Å². The van der Waals surface area contributed by atoms with E-state index in [-0.39, 0.29) is 5.92 Å². The van der Waals surface area contributed by atoms with Gasteiger partial charge in [-0.3, -0.25) is 4.79 Å². The zero-order valence-electron chi connectivity index (χ0n) is 12.2. The van der Waals surface area contributed by atoms with E-state index < -0.39 is 0 Å². The van der Waals surface area contributed by atoms with Crippen molar-refractivity contribution >= 4 is 5.91 Å². The van der Waals surface area contributed by atoms with Crippen molar-refractivity contribution in [1.29, 1.82) is 0 Å². The van der Waals surface area contributed by atoms with Crippen LogP contribution in [0.5, 0.6) is 0 Å². The van der Waals surface area contributed by atoms with Gasteiger partial charge >= 0.3 is 0 Å². The number of likely N-dealkylation sites (tertiary alicyclic amines) is 1. The Morgan fingerprint density at radius 3 is 2.65 bits per heavy atom. The number of amides is 1. The number of nitrogens with one attached hydrogen (secondary N) is 1. The first-order valence-corrected chi connectivity index (χ1v) is 8.12. The fourth-order valence-corrected chi connectivity index (χ4v) is 3.69. The summed E-state index contributed by atoms with van der Waals surface area (Å²) in [6.45, 7) is 1.79. The van der Waals surface area contributed by atoms with E-state index in [1.807, 2.05) is 6.20 Å². The highest BCUT2D eigenvalue weighted by Gasteiger charge is 2.30. The molecule has 20 heavy (non-hydrogen) atoms. The molecular formula is C16H25N3O. The minimum atomic E-state index is 0.285. The number of imidazole rings is 1. The van der Waals surface area contributed by atoms with Crippen molar-refractivity contribution in [1.82, 2.24) is 14.9 Å². The van der Waals surface area contributed by atoms with Gasteiger partial charge in [0.1, 0.15) is 5.82 Å². The number of rotatable bonds is 2. The third-order valence-corrected chi connectivity index (χ3v) is 4.84. The van der Waals surface area contributed by atoms with Crippen LogP contribution in [0.1, 0.15) is 63.1 Å². The van der Waals surface area contributed by atoms with Crippen molar-refractivity contribution < 1.29 is 4.79 Å². The summed E-state index contributed by atoms with van der Waals surface area (Å²) >= 11 is 0. The Balaban J connectivity index is 1.62. The average Bonchev–Trinajstić information content (AvgIpc) is 2.89. The van der Waals surface area contributed by atoms with Crippen LogP contribution in [-0.2, 0) is 4.79 Å². The lowest BCUT2D eigenvalue weighted by atomic mass is 9.93. The third-order valence-electron chi connectivity index (χ3n) is 4.84. The van der Waals surface area contributed by atoms with E-state index in [4.69, 9.17) is 0 Å². The molecule has 1 aliphatic heterocycles. The number of carbonyl (C=O) groups excluding carboxylic acids is 1. The summed E-state index contributed by atoms with van der Waals surface area (Å²) < 4.78 is 0. The molecular weight excluding hydrogens is 250 g/mol. The molecule has 1 N–H and O–H groups in total. The lowest BCUT2D eigenvalue weighted by molar-refractivity contribution is -0.137. The third kappa shape index (κ3) is 3.05. The summed E-state index contributed by atoms with van der Waals surface area (Å²) in [7, 11) is 0. The van der Waals surface area contributed by atoms with Gasteiger partial charge in [0.15, 0.2) is 0 Å². The van der Waals surface area contributed by atoms with Gasteiger partial charge < -0.3 is 9.88 Å². The van der Waals surface area contributed by atoms with Gasteiger partial charge in [-0.05, 0) is 25.7 Å². The molecule has 4 heteroatoms. The van der Waals surface area contributed by atoms with Gasteiger partial charge in [0.2, 0.25) is 5.91 Å². The number of carbonyl (C=O) groups is 1. The molecule has 0 aromatic carbocycles. The highest BCUT2D eigenvalue weighted by Crippen LogP contribution is 2.29. The molecule has 0 radical (unpaired) electrons. The van der Waals surface area contributed by atoms with Gasteiger partial charge in [0.05, 0.1) is 0 Å². The number of hydrogen-bond acceptors (Lipinski definition) is 2. The second kappa shape index (κ2) is 6.42. The summed E-state index contributed by atoms with van der Waals surface area (Å²) in [6, 6.07) is 0. The summed E-state index contributed by atoms with van der Waals surface area (Å²) in [4.78, 5) is 22.4. The second-order valence-electron chi connectivity index (χ2n) is 6.29. The Kier molecular flexibility index (Phi) is 4.38. The maximum atomic E-state index is 12.7. The van der Waals surface area contributed by atoms with E-state index in [0.717, 1.165) is 44.6 Å². The molecule has 110 valence electrons. The Morgan fingerprint density at radius 1 is 1.15 bits per heavy atom. The number of aromatic amines is 1. The van der Waals surface area contributed by atoms with Crippen LogP contribution in [0.15, 0.2) is 12.4 Å². The van der Waals surface area contributed by atoms with Crippen molar-refractivity contribution in [3.05, 3.63) is 18.2 Å². The number of hydrogen-bond donors (Lipinski definition) is 1. The SMILES string of the molecule is O=C(C1CCCCCC1)N1CCCC(c2ncc[nH]2)C1. The van der Waals surface area contributed by atoms with Gasteiger partial charge in [-0.2, -0.15) is 0 Å². The van der Waals surface area contributed by atoms with Crippen LogP contribution >= 0.6 is 0 Å². The second-order valence-corrected chi connectivity index (χ2v) is 6.29. The molecule has 1 saturated carbocycles. The molecule has 2 aliphatic rings. The lowest BCUT2D eigenvalue weighted by Crippen LogP contribution is -2.42. The molecule has 2 heterocycles. The van der Waals surface area contributed by atoms with Crippen LogP contribution in [0.3, 0.4) is 0 Å². The fraction of sp³-hybridized carbons (Fsp3) is 0.750. The zero-order chi connectivity index (χ0) is 13.8. The monoisotopic (exact) mass is 275 g/mol. The number of piperidine rings is 1. The van der Waals surface area contributed by atoms with Crippen LogP contribution in [0, 0.1) is 5.92 Å². The van der Waals surface area contributed by atoms with Crippen molar-refractivity contribution in [2.45, 2.75) is 57.3 Å². The Hall–Kier alpha value is -1.32. The molecule has 1 aliphatic carbocycles. The highest BCUT2D eigenvalue weighted by molar-refractivity contribution is 5.79. The molecule has 1 amide bonds. The molecule has 0 spiro atoms. The minimum Gasteiger partial charge on any atom is -0.348 e. The number of H-pyrrole nitrogens is 1. The quantitative estimate of drug-likeness (QED) is 0.843. The van der Waals surface area contributed by atoms with Crippen LogP contribution in [-0.4, -0.2) is 33.9 Å². The highest BCUT2D eigenvalue weighted by atomic mass is 16.2. The Morgan fingerprint density at radius 2 is 1.95 bits per heavy atom. The van der Waals surface area contributed by atoms with E-state index in [0.29, 0.717) is 11.8 Å². The number of aromatic nitrogens is 2. The fourth-order valence-electron chi connectivity index (χ4n) is 3.69. The molecule has 4 nitrogen and oxygen atoms in total. The van der Waals surface area contributed by atoms with Crippen LogP contribution in [0.4, 0.5) is 0 Å². The zero-order valence-corrected chi connectivity index (χ0v) is 12.2. The molecule has 1 unspecified atom stereocenters. The van der Waals surface area contributed by atoms with E-state index in [9.17, 15) is 4.79 Å². The van der Waals surface area contributed by atoms with Crippen LogP contribution < -0.4 is 0 Å². The van der Waals surface area contributed by atoms with Crippen molar-refractivity contribution in [3.63, 3.8) is 0 Å². The summed E-state index contributed by atoms with van der Waals surface area (Å²) in [5, 5.41) is 0. The molecule has 1 aromatic heterocycles. The summed E-state index contributed by atoms with van der Waals surface area (Å²) in [5.41, 5.74) is 0. The molecule has 2 fully saturated rings. The van der Waals surface area contributed by atoms with Gasteiger partial charge in [-0.25, -0.2) is 4.98 Å². The summed E-state index contributed by atoms with van der Waals surface area (Å²) in [5.74, 6) is 2.13. The normalized spacial score (nSPS) is 25.4. The first-order valence-electron chi connectivity index (χ1n) is 8.12. The first-order chi connectivity index (χ1) is 9.84. The standard InChI is InChI=1S/C16H25N3O/c20-16(13-6-3-1-2-4-7-13)19-11-5-8-14(12-19)15-17-9-10-18-15/h9-10,13-14H,1-8,11-12H2,(H,17,18). The lowest BCUT2D eigenvalue weighted by Gasteiger charge is -2.34. The van der Waals surface area contributed by atoms with Crippen molar-refractivity contribution in [2.75, 3.05) is 13.1 Å². The topological polar surface area (TPSA) is 49.0 Å². The van der Waals surface area contributed by atoms with E-state index >= 15 is 0 Å².